The zero-order valence-corrected chi connectivity index (χ0v) is 20.6. The molecule has 0 aromatic heterocycles. The third-order valence-corrected chi connectivity index (χ3v) is 4.99. The van der Waals surface area contributed by atoms with Crippen LogP contribution in [0.1, 0.15) is 44.1 Å². The predicted octanol–water partition coefficient (Wildman–Crippen LogP) is 3.65. The zero-order chi connectivity index (χ0) is 20.0. The van der Waals surface area contributed by atoms with Gasteiger partial charge in [0.2, 0.25) is 0 Å². The normalized spacial score (nSPS) is 15.5. The van der Waals surface area contributed by atoms with E-state index in [1.54, 1.807) is 7.05 Å². The smallest absolute Gasteiger partial charge is 0.191 e. The lowest BCUT2D eigenvalue weighted by atomic mass is 10.1. The number of hydrogen-bond donors (Lipinski definition) is 2. The van der Waals surface area contributed by atoms with Crippen LogP contribution in [0.3, 0.4) is 0 Å². The van der Waals surface area contributed by atoms with E-state index in [0.717, 1.165) is 37.0 Å². The Morgan fingerprint density at radius 2 is 1.79 bits per heavy atom. The second kappa shape index (κ2) is 15.7. The van der Waals surface area contributed by atoms with Crippen molar-refractivity contribution in [2.45, 2.75) is 51.2 Å². The first-order valence-electron chi connectivity index (χ1n) is 10.6. The number of aliphatic imine (C=N–C) groups is 1. The molecule has 0 bridgehead atoms. The van der Waals surface area contributed by atoms with Gasteiger partial charge in [-0.15, -0.1) is 24.0 Å². The summed E-state index contributed by atoms with van der Waals surface area (Å²) in [6.07, 6.45) is 8.17. The lowest BCUT2D eigenvalue weighted by molar-refractivity contribution is 0.0468. The average Bonchev–Trinajstić information content (AvgIpc) is 2.97. The molecule has 1 aliphatic carbocycles. The third-order valence-electron chi connectivity index (χ3n) is 4.99. The summed E-state index contributed by atoms with van der Waals surface area (Å²) in [5.41, 5.74) is 1.12. The molecule has 0 unspecified atom stereocenters. The van der Waals surface area contributed by atoms with Gasteiger partial charge in [-0.2, -0.15) is 0 Å². The van der Waals surface area contributed by atoms with Gasteiger partial charge < -0.3 is 25.0 Å². The number of halogens is 1. The first kappa shape index (κ1) is 26.0. The molecule has 2 rings (SSSR count). The highest BCUT2D eigenvalue weighted by atomic mass is 127. The molecule has 7 heteroatoms. The van der Waals surface area contributed by atoms with Gasteiger partial charge in [0.1, 0.15) is 12.4 Å². The highest BCUT2D eigenvalue weighted by Gasteiger charge is 2.12. The SMILES string of the molecule is CN=C(NCCOC1CCCCCC1)NCc1ccccc1OCCN(C)C.I. The topological polar surface area (TPSA) is 58.1 Å². The van der Waals surface area contributed by atoms with Crippen molar-refractivity contribution >= 4 is 29.9 Å². The Morgan fingerprint density at radius 3 is 2.48 bits per heavy atom. The number of benzene rings is 1. The second-order valence-corrected chi connectivity index (χ2v) is 7.60. The Bertz CT molecular complexity index is 576. The van der Waals surface area contributed by atoms with Gasteiger partial charge in [-0.05, 0) is 33.0 Å². The number of hydrogen-bond acceptors (Lipinski definition) is 4. The van der Waals surface area contributed by atoms with Crippen LogP contribution in [0.4, 0.5) is 0 Å². The molecule has 1 aliphatic rings. The van der Waals surface area contributed by atoms with E-state index in [1.807, 2.05) is 32.3 Å². The van der Waals surface area contributed by atoms with Crippen molar-refractivity contribution in [2.75, 3.05) is 47.4 Å². The fourth-order valence-corrected chi connectivity index (χ4v) is 3.33. The van der Waals surface area contributed by atoms with Crippen molar-refractivity contribution in [3.63, 3.8) is 0 Å². The highest BCUT2D eigenvalue weighted by molar-refractivity contribution is 14.0. The highest BCUT2D eigenvalue weighted by Crippen LogP contribution is 2.19. The molecule has 29 heavy (non-hydrogen) atoms. The molecule has 1 aromatic rings. The number of para-hydroxylation sites is 1. The van der Waals surface area contributed by atoms with E-state index in [-0.39, 0.29) is 24.0 Å². The maximum absolute atomic E-state index is 6.03. The lowest BCUT2D eigenvalue weighted by Gasteiger charge is -2.17. The Morgan fingerprint density at radius 1 is 1.07 bits per heavy atom. The molecule has 0 amide bonds. The molecule has 0 radical (unpaired) electrons. The molecule has 1 fully saturated rings. The number of nitrogens with zero attached hydrogens (tertiary/aromatic N) is 2. The fourth-order valence-electron chi connectivity index (χ4n) is 3.33. The summed E-state index contributed by atoms with van der Waals surface area (Å²) >= 11 is 0. The first-order chi connectivity index (χ1) is 13.7. The summed E-state index contributed by atoms with van der Waals surface area (Å²) in [4.78, 5) is 6.42. The number of ether oxygens (including phenoxy) is 2. The zero-order valence-electron chi connectivity index (χ0n) is 18.3. The molecule has 6 nitrogen and oxygen atoms in total. The largest absolute Gasteiger partial charge is 0.492 e. The van der Waals surface area contributed by atoms with Crippen molar-refractivity contribution in [3.8, 4) is 5.75 Å². The molecule has 0 saturated heterocycles. The van der Waals surface area contributed by atoms with E-state index in [2.05, 4.69) is 26.6 Å². The number of likely N-dealkylation sites (N-methyl/N-ethyl adjacent to an activating group) is 1. The molecule has 1 saturated carbocycles. The summed E-state index contributed by atoms with van der Waals surface area (Å²) in [6, 6.07) is 8.14. The van der Waals surface area contributed by atoms with Crippen LogP contribution in [0.25, 0.3) is 0 Å². The lowest BCUT2D eigenvalue weighted by Crippen LogP contribution is -2.39. The predicted molar refractivity (Wildman–Crippen MR) is 132 cm³/mol. The maximum Gasteiger partial charge on any atom is 0.191 e. The van der Waals surface area contributed by atoms with Crippen LogP contribution < -0.4 is 15.4 Å². The molecular formula is C22H39IN4O2. The molecule has 0 spiro atoms. The van der Waals surface area contributed by atoms with Crippen molar-refractivity contribution in [3.05, 3.63) is 29.8 Å². The van der Waals surface area contributed by atoms with E-state index in [1.165, 1.54) is 38.5 Å². The van der Waals surface area contributed by atoms with E-state index >= 15 is 0 Å². The molecule has 0 atom stereocenters. The van der Waals surface area contributed by atoms with Gasteiger partial charge in [0.15, 0.2) is 5.96 Å². The Kier molecular flexibility index (Phi) is 14.1. The monoisotopic (exact) mass is 518 g/mol. The van der Waals surface area contributed by atoms with Gasteiger partial charge in [-0.3, -0.25) is 4.99 Å². The van der Waals surface area contributed by atoms with Crippen LogP contribution in [0.5, 0.6) is 5.75 Å². The van der Waals surface area contributed by atoms with Gasteiger partial charge in [-0.1, -0.05) is 43.9 Å². The van der Waals surface area contributed by atoms with E-state index < -0.39 is 0 Å². The first-order valence-corrected chi connectivity index (χ1v) is 10.6. The van der Waals surface area contributed by atoms with Crippen molar-refractivity contribution in [1.82, 2.24) is 15.5 Å². The van der Waals surface area contributed by atoms with Crippen molar-refractivity contribution in [2.24, 2.45) is 4.99 Å². The molecule has 0 aliphatic heterocycles. The Balaban J connectivity index is 0.00000420. The Labute approximate surface area is 193 Å². The summed E-state index contributed by atoms with van der Waals surface area (Å²) in [5.74, 6) is 1.71. The third kappa shape index (κ3) is 11.1. The number of guanidine groups is 1. The number of rotatable bonds is 10. The molecule has 0 heterocycles. The molecule has 2 N–H and O–H groups in total. The van der Waals surface area contributed by atoms with Crippen LogP contribution in [-0.4, -0.2) is 64.4 Å². The van der Waals surface area contributed by atoms with Gasteiger partial charge in [0.25, 0.3) is 0 Å². The van der Waals surface area contributed by atoms with Crippen LogP contribution >= 0.6 is 24.0 Å². The number of nitrogens with one attached hydrogen (secondary N) is 2. The molecule has 1 aromatic carbocycles. The van der Waals surface area contributed by atoms with Crippen LogP contribution in [0.2, 0.25) is 0 Å². The van der Waals surface area contributed by atoms with E-state index in [0.29, 0.717) is 19.3 Å². The van der Waals surface area contributed by atoms with Crippen LogP contribution in [0, 0.1) is 0 Å². The second-order valence-electron chi connectivity index (χ2n) is 7.60. The summed E-state index contributed by atoms with van der Waals surface area (Å²) in [5, 5.41) is 6.71. The minimum absolute atomic E-state index is 0. The van der Waals surface area contributed by atoms with Gasteiger partial charge >= 0.3 is 0 Å². The maximum atomic E-state index is 6.03. The van der Waals surface area contributed by atoms with E-state index in [4.69, 9.17) is 9.47 Å². The summed E-state index contributed by atoms with van der Waals surface area (Å²) in [7, 11) is 5.89. The van der Waals surface area contributed by atoms with Crippen molar-refractivity contribution in [1.29, 1.82) is 0 Å². The van der Waals surface area contributed by atoms with Gasteiger partial charge in [-0.25, -0.2) is 0 Å². The van der Waals surface area contributed by atoms with Gasteiger partial charge in [0.05, 0.1) is 12.7 Å². The summed E-state index contributed by atoms with van der Waals surface area (Å²) < 4.78 is 12.0. The van der Waals surface area contributed by atoms with Crippen molar-refractivity contribution < 1.29 is 9.47 Å². The quantitative estimate of drug-likeness (QED) is 0.163. The fraction of sp³-hybridized carbons (Fsp3) is 0.682. The van der Waals surface area contributed by atoms with Crippen LogP contribution in [-0.2, 0) is 11.3 Å². The van der Waals surface area contributed by atoms with Crippen LogP contribution in [0.15, 0.2) is 29.3 Å². The summed E-state index contributed by atoms with van der Waals surface area (Å²) in [6.45, 7) is 3.72. The standard InChI is InChI=1S/C22H38N4O2.HI/c1-23-22(24-14-16-27-20-11-6-4-5-7-12-20)25-18-19-10-8-9-13-21(19)28-17-15-26(2)3;/h8-10,13,20H,4-7,11-12,14-18H2,1-3H3,(H2,23,24,25);1H. The van der Waals surface area contributed by atoms with E-state index in [9.17, 15) is 0 Å². The minimum atomic E-state index is 0. The average molecular weight is 518 g/mol. The molecule has 166 valence electrons. The Hall–Kier alpha value is -1.06. The minimum Gasteiger partial charge on any atom is -0.492 e. The molecular weight excluding hydrogens is 479 g/mol. The van der Waals surface area contributed by atoms with Gasteiger partial charge in [0, 0.05) is 32.2 Å².